The third-order valence-electron chi connectivity index (χ3n) is 2.55. The highest BCUT2D eigenvalue weighted by Crippen LogP contribution is 2.56. The molecule has 1 rings (SSSR count). The van der Waals surface area contributed by atoms with Crippen LogP contribution in [0.5, 0.6) is 0 Å². The molecule has 1 unspecified atom stereocenters. The Morgan fingerprint density at radius 2 is 2.38 bits per heavy atom. The predicted octanol–water partition coefficient (Wildman–Crippen LogP) is 0.293. The second-order valence-electron chi connectivity index (χ2n) is 4.26. The number of aliphatic carboxylic acids is 1. The predicted molar refractivity (Wildman–Crippen MR) is 79.4 cm³/mol. The topological polar surface area (TPSA) is 132 Å². The maximum absolute atomic E-state index is 12.5. The van der Waals surface area contributed by atoms with Crippen molar-refractivity contribution in [2.45, 2.75) is 19.9 Å². The molecule has 1 aliphatic heterocycles. The molecular weight excluding hydrogens is 319 g/mol. The van der Waals surface area contributed by atoms with Gasteiger partial charge in [0.05, 0.1) is 6.61 Å². The van der Waals surface area contributed by atoms with E-state index in [1.807, 2.05) is 0 Å². The Morgan fingerprint density at radius 1 is 1.71 bits per heavy atom. The Balaban J connectivity index is 2.50. The summed E-state index contributed by atoms with van der Waals surface area (Å²) in [4.78, 5) is 23.4. The number of guanidine groups is 1. The van der Waals surface area contributed by atoms with Crippen molar-refractivity contribution in [1.29, 1.82) is 5.41 Å². The molecule has 120 valence electrons. The molecule has 0 spiro atoms. The van der Waals surface area contributed by atoms with Crippen LogP contribution < -0.4 is 10.4 Å². The van der Waals surface area contributed by atoms with Gasteiger partial charge in [-0.05, 0) is 13.8 Å². The number of carboxylic acid groups (broad SMARTS) is 1. The lowest BCUT2D eigenvalue weighted by Crippen LogP contribution is -2.32. The Bertz CT molecular complexity index is 474. The number of carbonyl (C=O) groups excluding carboxylic acids is 1. The van der Waals surface area contributed by atoms with Gasteiger partial charge in [0.2, 0.25) is 5.91 Å². The zero-order chi connectivity index (χ0) is 16.0. The highest BCUT2D eigenvalue weighted by atomic mass is 32.7. The summed E-state index contributed by atoms with van der Waals surface area (Å²) in [5, 5.41) is 21.2. The van der Waals surface area contributed by atoms with Crippen molar-refractivity contribution in [1.82, 2.24) is 15.3 Å². The van der Waals surface area contributed by atoms with Crippen LogP contribution >= 0.6 is 18.1 Å². The maximum Gasteiger partial charge on any atom is 0.327 e. The third kappa shape index (κ3) is 5.66. The fourth-order valence-electron chi connectivity index (χ4n) is 1.54. The van der Waals surface area contributed by atoms with Crippen molar-refractivity contribution in [3.63, 3.8) is 0 Å². The lowest BCUT2D eigenvalue weighted by molar-refractivity contribution is -0.138. The van der Waals surface area contributed by atoms with Crippen LogP contribution in [-0.2, 0) is 18.7 Å². The van der Waals surface area contributed by atoms with E-state index in [0.717, 1.165) is 11.4 Å². The molecule has 0 aliphatic carbocycles. The van der Waals surface area contributed by atoms with Crippen LogP contribution in [-0.4, -0.2) is 59.3 Å². The first-order chi connectivity index (χ1) is 9.77. The second kappa shape index (κ2) is 7.79. The van der Waals surface area contributed by atoms with Crippen molar-refractivity contribution in [2.24, 2.45) is 0 Å². The van der Waals surface area contributed by atoms with E-state index < -0.39 is 18.7 Å². The standard InChI is InChI=1S/C10H19N4O5PS/c1-3-19-20(18,13-7(2)9(16)17)21-5-4-14-6-8(15)12-10(14)11/h7H,3-6H2,1-2H3,(H,13,18)(H,16,17)(H2,11,12,15)/t7?,20-/m0/s1. The minimum atomic E-state index is -3.34. The zero-order valence-electron chi connectivity index (χ0n) is 11.8. The molecule has 9 nitrogen and oxygen atoms in total. The minimum Gasteiger partial charge on any atom is -0.480 e. The van der Waals surface area contributed by atoms with Crippen molar-refractivity contribution in [3.8, 4) is 0 Å². The van der Waals surface area contributed by atoms with E-state index in [9.17, 15) is 14.2 Å². The van der Waals surface area contributed by atoms with Gasteiger partial charge in [0.15, 0.2) is 5.96 Å². The number of nitrogens with one attached hydrogen (secondary N) is 3. The van der Waals surface area contributed by atoms with Crippen molar-refractivity contribution in [2.75, 3.05) is 25.4 Å². The van der Waals surface area contributed by atoms with Crippen molar-refractivity contribution in [3.05, 3.63) is 0 Å². The monoisotopic (exact) mass is 338 g/mol. The van der Waals surface area contributed by atoms with Crippen LogP contribution in [0.3, 0.4) is 0 Å². The normalized spacial score (nSPS) is 19.2. The molecule has 21 heavy (non-hydrogen) atoms. The van der Waals surface area contributed by atoms with Gasteiger partial charge in [0.25, 0.3) is 0 Å². The van der Waals surface area contributed by atoms with E-state index in [0.29, 0.717) is 12.3 Å². The van der Waals surface area contributed by atoms with Gasteiger partial charge in [-0.25, -0.2) is 5.09 Å². The maximum atomic E-state index is 12.5. The van der Waals surface area contributed by atoms with Gasteiger partial charge >= 0.3 is 12.7 Å². The van der Waals surface area contributed by atoms with Gasteiger partial charge in [-0.2, -0.15) is 0 Å². The van der Waals surface area contributed by atoms with Crippen LogP contribution in [0.1, 0.15) is 13.8 Å². The number of amides is 1. The Kier molecular flexibility index (Phi) is 6.66. The molecule has 1 saturated heterocycles. The quantitative estimate of drug-likeness (QED) is 0.441. The lowest BCUT2D eigenvalue weighted by Gasteiger charge is -2.21. The molecule has 1 heterocycles. The van der Waals surface area contributed by atoms with Crippen LogP contribution in [0.25, 0.3) is 0 Å². The average molecular weight is 338 g/mol. The number of hydrogen-bond donors (Lipinski definition) is 4. The van der Waals surface area contributed by atoms with Gasteiger partial charge in [-0.15, -0.1) is 0 Å². The minimum absolute atomic E-state index is 0.0127. The lowest BCUT2D eigenvalue weighted by atomic mass is 10.4. The molecule has 0 saturated carbocycles. The first kappa shape index (κ1) is 18.0. The molecule has 0 bridgehead atoms. The summed E-state index contributed by atoms with van der Waals surface area (Å²) in [7, 11) is 0. The summed E-state index contributed by atoms with van der Waals surface area (Å²) in [6.07, 6.45) is 0. The summed E-state index contributed by atoms with van der Waals surface area (Å²) in [6.45, 7) is 0.324. The number of carboxylic acids is 1. The molecule has 1 fully saturated rings. The zero-order valence-corrected chi connectivity index (χ0v) is 13.5. The number of carbonyl (C=O) groups is 2. The van der Waals surface area contributed by atoms with Gasteiger partial charge in [-0.3, -0.25) is 24.9 Å². The average Bonchev–Trinajstić information content (AvgIpc) is 2.68. The highest BCUT2D eigenvalue weighted by Gasteiger charge is 2.30. The van der Waals surface area contributed by atoms with Crippen LogP contribution in [0, 0.1) is 5.41 Å². The van der Waals surface area contributed by atoms with Crippen molar-refractivity contribution >= 4 is 35.9 Å². The molecular formula is C10H19N4O5PS. The fraction of sp³-hybridized carbons (Fsp3) is 0.700. The van der Waals surface area contributed by atoms with E-state index in [1.54, 1.807) is 6.92 Å². The SMILES string of the molecule is CCO[P@@](=O)(NC(C)C(=O)O)SCCN1CC(=O)NC1=N. The summed E-state index contributed by atoms with van der Waals surface area (Å²) in [5.41, 5.74) is 0. The molecule has 0 aromatic rings. The molecule has 1 amide bonds. The third-order valence-corrected chi connectivity index (χ3v) is 6.76. The summed E-state index contributed by atoms with van der Waals surface area (Å²) in [6, 6.07) is -0.997. The van der Waals surface area contributed by atoms with Gasteiger partial charge in [0, 0.05) is 12.3 Å². The molecule has 11 heteroatoms. The first-order valence-electron chi connectivity index (χ1n) is 6.30. The summed E-state index contributed by atoms with van der Waals surface area (Å²) >= 11 is 0.966. The van der Waals surface area contributed by atoms with E-state index >= 15 is 0 Å². The smallest absolute Gasteiger partial charge is 0.327 e. The molecule has 0 aromatic carbocycles. The Labute approximate surface area is 126 Å². The molecule has 0 radical (unpaired) electrons. The number of nitrogens with zero attached hydrogens (tertiary/aromatic N) is 1. The van der Waals surface area contributed by atoms with Crippen LogP contribution in [0.4, 0.5) is 0 Å². The Morgan fingerprint density at radius 3 is 2.86 bits per heavy atom. The Hall–Kier alpha value is -1.09. The van der Waals surface area contributed by atoms with Gasteiger partial charge in [0.1, 0.15) is 12.6 Å². The largest absolute Gasteiger partial charge is 0.480 e. The second-order valence-corrected chi connectivity index (χ2v) is 8.65. The van der Waals surface area contributed by atoms with Crippen LogP contribution in [0.2, 0.25) is 0 Å². The highest BCUT2D eigenvalue weighted by molar-refractivity contribution is 8.56. The molecule has 0 aromatic heterocycles. The number of rotatable bonds is 9. The van der Waals surface area contributed by atoms with E-state index in [1.165, 1.54) is 11.8 Å². The van der Waals surface area contributed by atoms with Gasteiger partial charge < -0.3 is 14.5 Å². The van der Waals surface area contributed by atoms with E-state index in [-0.39, 0.29) is 25.0 Å². The van der Waals surface area contributed by atoms with E-state index in [4.69, 9.17) is 15.0 Å². The molecule has 1 aliphatic rings. The fourth-order valence-corrected chi connectivity index (χ4v) is 5.43. The number of hydrogen-bond acceptors (Lipinski definition) is 6. The summed E-state index contributed by atoms with van der Waals surface area (Å²) in [5.74, 6) is -1.03. The van der Waals surface area contributed by atoms with E-state index in [2.05, 4.69) is 10.4 Å². The first-order valence-corrected chi connectivity index (χ1v) is 9.52. The van der Waals surface area contributed by atoms with Crippen molar-refractivity contribution < 1.29 is 23.8 Å². The molecule has 2 atom stereocenters. The summed E-state index contributed by atoms with van der Waals surface area (Å²) < 4.78 is 17.6. The molecule has 4 N–H and O–H groups in total. The van der Waals surface area contributed by atoms with Gasteiger partial charge in [-0.1, -0.05) is 11.4 Å². The van der Waals surface area contributed by atoms with Crippen LogP contribution in [0.15, 0.2) is 0 Å².